The van der Waals surface area contributed by atoms with E-state index in [1.165, 1.54) is 23.4 Å². The zero-order valence-electron chi connectivity index (χ0n) is 12.8. The molecule has 1 aliphatic heterocycles. The number of para-hydroxylation sites is 1. The minimum atomic E-state index is 1.04. The highest BCUT2D eigenvalue weighted by Gasteiger charge is 2.21. The van der Waals surface area contributed by atoms with Crippen molar-refractivity contribution in [2.24, 2.45) is 0 Å². The van der Waals surface area contributed by atoms with Crippen LogP contribution in [0.15, 0.2) is 36.4 Å². The second kappa shape index (κ2) is 5.97. The van der Waals surface area contributed by atoms with Crippen molar-refractivity contribution in [3.05, 3.63) is 47.7 Å². The third-order valence-electron chi connectivity index (χ3n) is 4.53. The SMILES string of the molecule is c1ccc(Nc2cc(N3CCNCC3)nc3c2CCC3)cc1. The Hall–Kier alpha value is -2.07. The molecule has 2 aromatic rings. The van der Waals surface area contributed by atoms with Gasteiger partial charge in [0.05, 0.1) is 0 Å². The van der Waals surface area contributed by atoms with Crippen LogP contribution < -0.4 is 15.5 Å². The quantitative estimate of drug-likeness (QED) is 0.913. The molecule has 4 rings (SSSR count). The smallest absolute Gasteiger partial charge is 0.130 e. The zero-order valence-corrected chi connectivity index (χ0v) is 12.8. The van der Waals surface area contributed by atoms with Gasteiger partial charge in [-0.1, -0.05) is 18.2 Å². The van der Waals surface area contributed by atoms with Gasteiger partial charge in [0.2, 0.25) is 0 Å². The van der Waals surface area contributed by atoms with Crippen molar-refractivity contribution < 1.29 is 0 Å². The molecule has 0 atom stereocenters. The summed E-state index contributed by atoms with van der Waals surface area (Å²) in [7, 11) is 0. The Kier molecular flexibility index (Phi) is 3.69. The monoisotopic (exact) mass is 294 g/mol. The Morgan fingerprint density at radius 1 is 1.05 bits per heavy atom. The van der Waals surface area contributed by atoms with E-state index >= 15 is 0 Å². The molecular formula is C18H22N4. The first-order valence-corrected chi connectivity index (χ1v) is 8.21. The van der Waals surface area contributed by atoms with Crippen LogP contribution in [0.3, 0.4) is 0 Å². The van der Waals surface area contributed by atoms with Gasteiger partial charge >= 0.3 is 0 Å². The first-order chi connectivity index (χ1) is 10.9. The third kappa shape index (κ3) is 2.66. The van der Waals surface area contributed by atoms with Gasteiger partial charge in [-0.3, -0.25) is 0 Å². The Morgan fingerprint density at radius 2 is 1.86 bits per heavy atom. The number of rotatable bonds is 3. The van der Waals surface area contributed by atoms with Gasteiger partial charge in [0.1, 0.15) is 5.82 Å². The van der Waals surface area contributed by atoms with E-state index in [0.717, 1.165) is 50.5 Å². The fourth-order valence-corrected chi connectivity index (χ4v) is 3.37. The molecule has 1 fully saturated rings. The number of nitrogens with one attached hydrogen (secondary N) is 2. The number of anilines is 3. The highest BCUT2D eigenvalue weighted by atomic mass is 15.2. The van der Waals surface area contributed by atoms with Crippen LogP contribution in [-0.4, -0.2) is 31.2 Å². The van der Waals surface area contributed by atoms with Crippen LogP contribution in [0.2, 0.25) is 0 Å². The number of benzene rings is 1. The van der Waals surface area contributed by atoms with Crippen molar-refractivity contribution in [1.29, 1.82) is 0 Å². The summed E-state index contributed by atoms with van der Waals surface area (Å²) >= 11 is 0. The molecule has 0 unspecified atom stereocenters. The lowest BCUT2D eigenvalue weighted by Crippen LogP contribution is -2.44. The van der Waals surface area contributed by atoms with E-state index in [9.17, 15) is 0 Å². The van der Waals surface area contributed by atoms with Gasteiger partial charge in [-0.2, -0.15) is 0 Å². The summed E-state index contributed by atoms with van der Waals surface area (Å²) in [6.07, 6.45) is 3.47. The molecule has 0 bridgehead atoms. The van der Waals surface area contributed by atoms with Crippen LogP contribution in [0.1, 0.15) is 17.7 Å². The van der Waals surface area contributed by atoms with E-state index in [1.807, 2.05) is 6.07 Å². The second-order valence-corrected chi connectivity index (χ2v) is 6.03. The average molecular weight is 294 g/mol. The van der Waals surface area contributed by atoms with E-state index in [-0.39, 0.29) is 0 Å². The van der Waals surface area contributed by atoms with Crippen LogP contribution in [0.25, 0.3) is 0 Å². The fourth-order valence-electron chi connectivity index (χ4n) is 3.37. The molecule has 1 aliphatic carbocycles. The van der Waals surface area contributed by atoms with E-state index in [0.29, 0.717) is 0 Å². The summed E-state index contributed by atoms with van der Waals surface area (Å²) in [5, 5.41) is 7.01. The summed E-state index contributed by atoms with van der Waals surface area (Å²) < 4.78 is 0. The van der Waals surface area contributed by atoms with Crippen molar-refractivity contribution >= 4 is 17.2 Å². The maximum absolute atomic E-state index is 4.94. The molecule has 0 radical (unpaired) electrons. The lowest BCUT2D eigenvalue weighted by atomic mass is 10.1. The number of aromatic nitrogens is 1. The molecule has 22 heavy (non-hydrogen) atoms. The van der Waals surface area contributed by atoms with Gasteiger partial charge in [0.25, 0.3) is 0 Å². The number of aryl methyl sites for hydroxylation is 1. The Labute approximate surface area is 131 Å². The van der Waals surface area contributed by atoms with Crippen molar-refractivity contribution in [2.45, 2.75) is 19.3 Å². The third-order valence-corrected chi connectivity index (χ3v) is 4.53. The lowest BCUT2D eigenvalue weighted by Gasteiger charge is -2.29. The molecule has 114 valence electrons. The van der Waals surface area contributed by atoms with E-state index in [4.69, 9.17) is 4.98 Å². The fraction of sp³-hybridized carbons (Fsp3) is 0.389. The molecule has 0 saturated carbocycles. The molecule has 2 aliphatic rings. The minimum absolute atomic E-state index is 1.04. The van der Waals surface area contributed by atoms with Crippen molar-refractivity contribution in [3.63, 3.8) is 0 Å². The van der Waals surface area contributed by atoms with E-state index in [1.54, 1.807) is 0 Å². The molecule has 2 heterocycles. The maximum atomic E-state index is 4.94. The molecule has 1 saturated heterocycles. The van der Waals surface area contributed by atoms with Crippen LogP contribution in [0.4, 0.5) is 17.2 Å². The summed E-state index contributed by atoms with van der Waals surface area (Å²) in [6.45, 7) is 4.16. The zero-order chi connectivity index (χ0) is 14.8. The van der Waals surface area contributed by atoms with E-state index in [2.05, 4.69) is 45.9 Å². The molecule has 1 aromatic carbocycles. The van der Waals surface area contributed by atoms with Crippen LogP contribution in [-0.2, 0) is 12.8 Å². The highest BCUT2D eigenvalue weighted by molar-refractivity contribution is 5.68. The number of hydrogen-bond acceptors (Lipinski definition) is 4. The molecule has 4 heteroatoms. The molecule has 0 spiro atoms. The average Bonchev–Trinajstić information content (AvgIpc) is 3.05. The predicted octanol–water partition coefficient (Wildman–Crippen LogP) is 2.72. The molecule has 1 aromatic heterocycles. The lowest BCUT2D eigenvalue weighted by molar-refractivity contribution is 0.584. The van der Waals surface area contributed by atoms with Crippen molar-refractivity contribution in [3.8, 4) is 0 Å². The normalized spacial score (nSPS) is 17.4. The summed E-state index contributed by atoms with van der Waals surface area (Å²) in [5.74, 6) is 1.13. The topological polar surface area (TPSA) is 40.2 Å². The van der Waals surface area contributed by atoms with Gasteiger partial charge < -0.3 is 15.5 Å². The van der Waals surface area contributed by atoms with Crippen LogP contribution in [0, 0.1) is 0 Å². The molecule has 2 N–H and O–H groups in total. The number of nitrogens with zero attached hydrogens (tertiary/aromatic N) is 2. The molecular weight excluding hydrogens is 272 g/mol. The Morgan fingerprint density at radius 3 is 2.68 bits per heavy atom. The Balaban J connectivity index is 1.68. The predicted molar refractivity (Wildman–Crippen MR) is 91.1 cm³/mol. The van der Waals surface area contributed by atoms with Gasteiger partial charge in [-0.05, 0) is 37.0 Å². The van der Waals surface area contributed by atoms with Gasteiger partial charge in [-0.25, -0.2) is 4.98 Å². The van der Waals surface area contributed by atoms with E-state index < -0.39 is 0 Å². The summed E-state index contributed by atoms with van der Waals surface area (Å²) in [5.41, 5.74) is 5.08. The van der Waals surface area contributed by atoms with Crippen LogP contribution in [0.5, 0.6) is 0 Å². The Bertz CT molecular complexity index is 648. The highest BCUT2D eigenvalue weighted by Crippen LogP contribution is 2.33. The van der Waals surface area contributed by atoms with Crippen LogP contribution >= 0.6 is 0 Å². The first kappa shape index (κ1) is 13.6. The summed E-state index contributed by atoms with van der Waals surface area (Å²) in [6, 6.07) is 12.7. The van der Waals surface area contributed by atoms with Crippen molar-refractivity contribution in [2.75, 3.05) is 36.4 Å². The maximum Gasteiger partial charge on any atom is 0.130 e. The standard InChI is InChI=1S/C18H22N4/c1-2-5-14(6-3-1)20-17-13-18(22-11-9-19-10-12-22)21-16-8-4-7-15(16)17/h1-3,5-6,13,19H,4,7-12H2,(H,20,21). The minimum Gasteiger partial charge on any atom is -0.355 e. The summed E-state index contributed by atoms with van der Waals surface area (Å²) in [4.78, 5) is 7.33. The van der Waals surface area contributed by atoms with Gasteiger partial charge in [0.15, 0.2) is 0 Å². The second-order valence-electron chi connectivity index (χ2n) is 6.03. The molecule has 4 nitrogen and oxygen atoms in total. The van der Waals surface area contributed by atoms with Gasteiger partial charge in [0, 0.05) is 49.3 Å². The first-order valence-electron chi connectivity index (χ1n) is 8.21. The van der Waals surface area contributed by atoms with Gasteiger partial charge in [-0.15, -0.1) is 0 Å². The van der Waals surface area contributed by atoms with Crippen molar-refractivity contribution in [1.82, 2.24) is 10.3 Å². The number of piperazine rings is 1. The number of fused-ring (bicyclic) bond motifs is 1. The molecule has 0 amide bonds. The number of pyridine rings is 1. The largest absolute Gasteiger partial charge is 0.355 e. The number of hydrogen-bond donors (Lipinski definition) is 2.